The van der Waals surface area contributed by atoms with Gasteiger partial charge in [0.1, 0.15) is 0 Å². The molecule has 1 heterocycles. The summed E-state index contributed by atoms with van der Waals surface area (Å²) in [6.45, 7) is 0.449. The zero-order valence-corrected chi connectivity index (χ0v) is 8.67. The molecule has 2 N–H and O–H groups in total. The molecule has 1 aromatic heterocycles. The maximum atomic E-state index is 11.2. The van der Waals surface area contributed by atoms with E-state index >= 15 is 0 Å². The second-order valence-corrected chi connectivity index (χ2v) is 2.58. The van der Waals surface area contributed by atoms with Crippen LogP contribution < -0.4 is 22.7 Å². The molecule has 5 heteroatoms. The molecule has 0 aliphatic rings. The van der Waals surface area contributed by atoms with E-state index in [0.29, 0.717) is 13.0 Å². The van der Waals surface area contributed by atoms with Crippen LogP contribution in [0.25, 0.3) is 0 Å². The fourth-order valence-corrected chi connectivity index (χ4v) is 0.888. The number of nitrogens with one attached hydrogen (secondary N) is 2. The first-order valence-corrected chi connectivity index (χ1v) is 4.08. The molecule has 14 heavy (non-hydrogen) atoms. The summed E-state index contributed by atoms with van der Waals surface area (Å²) in [5.74, 6) is -0.0342. The Kier molecular flexibility index (Phi) is 6.70. The van der Waals surface area contributed by atoms with Crippen molar-refractivity contribution >= 4 is 11.6 Å². The standard InChI is InChI=1S/C9H12N2O2.ClH/c1-13-7-4-9(12)11-8-2-5-10-6-3-8;/h2-3,5-6H,4,7H2,1H3,(H,10,11,12);1H. The average Bonchev–Trinajstić information content (AvgIpc) is 2.16. The van der Waals surface area contributed by atoms with Gasteiger partial charge in [0.2, 0.25) is 5.91 Å². The van der Waals surface area contributed by atoms with Gasteiger partial charge in [-0.1, -0.05) is 0 Å². The lowest BCUT2D eigenvalue weighted by Gasteiger charge is -2.02. The van der Waals surface area contributed by atoms with Crippen LogP contribution >= 0.6 is 0 Å². The van der Waals surface area contributed by atoms with E-state index in [1.165, 1.54) is 0 Å². The molecule has 0 spiro atoms. The summed E-state index contributed by atoms with van der Waals surface area (Å²) in [7, 11) is 1.57. The zero-order valence-electron chi connectivity index (χ0n) is 7.92. The number of H-pyrrole nitrogens is 1. The number of methoxy groups -OCH3 is 1. The number of pyridine rings is 1. The Morgan fingerprint density at radius 2 is 2.14 bits per heavy atom. The summed E-state index contributed by atoms with van der Waals surface area (Å²) in [5.41, 5.74) is 0.792. The van der Waals surface area contributed by atoms with Crippen LogP contribution in [0.5, 0.6) is 0 Å². The van der Waals surface area contributed by atoms with Gasteiger partial charge in [-0.2, -0.15) is 0 Å². The SMILES string of the molecule is COCCC(=O)Nc1cc[nH+]cc1.[Cl-]. The molecule has 1 rings (SSSR count). The van der Waals surface area contributed by atoms with Gasteiger partial charge >= 0.3 is 0 Å². The number of halogens is 1. The van der Waals surface area contributed by atoms with Gasteiger partial charge in [0, 0.05) is 19.2 Å². The molecule has 0 saturated carbocycles. The number of hydrogen-bond donors (Lipinski definition) is 1. The smallest absolute Gasteiger partial charge is 0.226 e. The maximum Gasteiger partial charge on any atom is 0.226 e. The third-order valence-corrected chi connectivity index (χ3v) is 1.54. The summed E-state index contributed by atoms with van der Waals surface area (Å²) >= 11 is 0. The third-order valence-electron chi connectivity index (χ3n) is 1.54. The number of hydrogen-bond acceptors (Lipinski definition) is 2. The number of ether oxygens (including phenoxy) is 1. The molecule has 0 aromatic carbocycles. The highest BCUT2D eigenvalue weighted by molar-refractivity contribution is 5.90. The number of anilines is 1. The molecule has 78 valence electrons. The molecule has 0 aliphatic heterocycles. The summed E-state index contributed by atoms with van der Waals surface area (Å²) in [6, 6.07) is 3.59. The molecule has 0 aliphatic carbocycles. The molecule has 0 fully saturated rings. The van der Waals surface area contributed by atoms with Crippen LogP contribution in [0, 0.1) is 0 Å². The molecule has 0 unspecified atom stereocenters. The number of amides is 1. The molecular formula is C9H13ClN2O2. The van der Waals surface area contributed by atoms with Crippen LogP contribution in [0.1, 0.15) is 6.42 Å². The molecule has 0 radical (unpaired) electrons. The van der Waals surface area contributed by atoms with Crippen molar-refractivity contribution in [1.29, 1.82) is 0 Å². The van der Waals surface area contributed by atoms with Crippen molar-refractivity contribution in [3.8, 4) is 0 Å². The fraction of sp³-hybridized carbons (Fsp3) is 0.333. The zero-order chi connectivity index (χ0) is 9.52. The Morgan fingerprint density at radius 3 is 2.71 bits per heavy atom. The van der Waals surface area contributed by atoms with Gasteiger partial charge in [-0.05, 0) is 0 Å². The number of carbonyl (C=O) groups excluding carboxylic acids is 1. The normalized spacial score (nSPS) is 8.93. The van der Waals surface area contributed by atoms with E-state index in [9.17, 15) is 4.79 Å². The van der Waals surface area contributed by atoms with E-state index in [1.807, 2.05) is 0 Å². The minimum absolute atomic E-state index is 0. The molecule has 0 atom stereocenters. The maximum absolute atomic E-state index is 11.2. The van der Waals surface area contributed by atoms with E-state index in [0.717, 1.165) is 5.69 Å². The summed E-state index contributed by atoms with van der Waals surface area (Å²) in [6.07, 6.45) is 3.90. The van der Waals surface area contributed by atoms with Gasteiger partial charge in [-0.15, -0.1) is 0 Å². The van der Waals surface area contributed by atoms with E-state index < -0.39 is 0 Å². The van der Waals surface area contributed by atoms with Crippen LogP contribution in [-0.2, 0) is 9.53 Å². The van der Waals surface area contributed by atoms with Crippen molar-refractivity contribution in [2.75, 3.05) is 19.0 Å². The Balaban J connectivity index is 0.00000169. The Labute approximate surface area is 89.1 Å². The van der Waals surface area contributed by atoms with Crippen LogP contribution in [0.4, 0.5) is 5.69 Å². The van der Waals surface area contributed by atoms with Crippen LogP contribution in [0.3, 0.4) is 0 Å². The first-order chi connectivity index (χ1) is 6.33. The predicted octanol–water partition coefficient (Wildman–Crippen LogP) is -2.52. The molecule has 1 amide bonds. The third kappa shape index (κ3) is 4.79. The van der Waals surface area contributed by atoms with Gasteiger partial charge in [0.15, 0.2) is 12.4 Å². The van der Waals surface area contributed by atoms with Crippen LogP contribution in [-0.4, -0.2) is 19.6 Å². The lowest BCUT2D eigenvalue weighted by Crippen LogP contribution is -3.00. The van der Waals surface area contributed by atoms with Crippen molar-refractivity contribution < 1.29 is 26.9 Å². The van der Waals surface area contributed by atoms with Crippen molar-refractivity contribution in [1.82, 2.24) is 0 Å². The van der Waals surface area contributed by atoms with Crippen molar-refractivity contribution in [2.45, 2.75) is 6.42 Å². The van der Waals surface area contributed by atoms with E-state index in [-0.39, 0.29) is 18.3 Å². The average molecular weight is 217 g/mol. The predicted molar refractivity (Wildman–Crippen MR) is 48.1 cm³/mol. The van der Waals surface area contributed by atoms with Crippen molar-refractivity contribution in [2.24, 2.45) is 0 Å². The molecule has 4 nitrogen and oxygen atoms in total. The van der Waals surface area contributed by atoms with E-state index in [4.69, 9.17) is 4.74 Å². The minimum Gasteiger partial charge on any atom is -1.00 e. The van der Waals surface area contributed by atoms with Gasteiger partial charge in [0.25, 0.3) is 0 Å². The summed E-state index contributed by atoms with van der Waals surface area (Å²) in [4.78, 5) is 14.0. The van der Waals surface area contributed by atoms with E-state index in [1.54, 1.807) is 31.6 Å². The highest BCUT2D eigenvalue weighted by Gasteiger charge is 2.01. The summed E-state index contributed by atoms with van der Waals surface area (Å²) in [5, 5.41) is 2.74. The highest BCUT2D eigenvalue weighted by atomic mass is 35.5. The van der Waals surface area contributed by atoms with Crippen molar-refractivity contribution in [3.63, 3.8) is 0 Å². The minimum atomic E-state index is -0.0342. The molecule has 1 aromatic rings. The first-order valence-electron chi connectivity index (χ1n) is 4.08. The van der Waals surface area contributed by atoms with Gasteiger partial charge in [-0.3, -0.25) is 4.79 Å². The lowest BCUT2D eigenvalue weighted by molar-refractivity contribution is -0.377. The molecule has 0 saturated heterocycles. The number of aromatic amines is 1. The topological polar surface area (TPSA) is 52.5 Å². The number of carbonyl (C=O) groups is 1. The second-order valence-electron chi connectivity index (χ2n) is 2.58. The largest absolute Gasteiger partial charge is 1.00 e. The second kappa shape index (κ2) is 7.29. The lowest BCUT2D eigenvalue weighted by atomic mass is 10.3. The van der Waals surface area contributed by atoms with Crippen LogP contribution in [0.2, 0.25) is 0 Å². The quantitative estimate of drug-likeness (QED) is 0.604. The number of rotatable bonds is 4. The highest BCUT2D eigenvalue weighted by Crippen LogP contribution is 2.01. The van der Waals surface area contributed by atoms with Gasteiger partial charge < -0.3 is 22.5 Å². The Hall–Kier alpha value is -1.13. The van der Waals surface area contributed by atoms with Gasteiger partial charge in [-0.25, -0.2) is 4.98 Å². The fourth-order valence-electron chi connectivity index (χ4n) is 0.888. The molecule has 0 bridgehead atoms. The Morgan fingerprint density at radius 1 is 1.50 bits per heavy atom. The monoisotopic (exact) mass is 216 g/mol. The Bertz CT molecular complexity index is 267. The van der Waals surface area contributed by atoms with Crippen LogP contribution in [0.15, 0.2) is 24.5 Å². The summed E-state index contributed by atoms with van der Waals surface area (Å²) < 4.78 is 4.78. The molecular weight excluding hydrogens is 204 g/mol. The van der Waals surface area contributed by atoms with Gasteiger partial charge in [0.05, 0.1) is 18.7 Å². The first kappa shape index (κ1) is 12.9. The van der Waals surface area contributed by atoms with E-state index in [2.05, 4.69) is 10.3 Å². The number of aromatic nitrogens is 1. The van der Waals surface area contributed by atoms with Crippen molar-refractivity contribution in [3.05, 3.63) is 24.5 Å².